The van der Waals surface area contributed by atoms with Crippen LogP contribution < -0.4 is 5.32 Å². The first-order chi connectivity index (χ1) is 8.72. The molecule has 0 heterocycles. The van der Waals surface area contributed by atoms with Gasteiger partial charge in [-0.3, -0.25) is 0 Å². The van der Waals surface area contributed by atoms with Crippen LogP contribution in [-0.4, -0.2) is 6.04 Å². The normalized spacial score (nSPS) is 23.9. The van der Waals surface area contributed by atoms with Crippen molar-refractivity contribution in [2.45, 2.75) is 65.3 Å². The van der Waals surface area contributed by atoms with Crippen LogP contribution in [0.25, 0.3) is 0 Å². The van der Waals surface area contributed by atoms with Gasteiger partial charge < -0.3 is 5.32 Å². The molecule has 0 radical (unpaired) electrons. The summed E-state index contributed by atoms with van der Waals surface area (Å²) in [6.45, 7) is 6.76. The first-order valence-corrected chi connectivity index (χ1v) is 7.59. The van der Waals surface area contributed by atoms with Crippen LogP contribution in [0.2, 0.25) is 0 Å². The average Bonchev–Trinajstić information content (AvgIpc) is 2.42. The van der Waals surface area contributed by atoms with Crippen LogP contribution in [0, 0.1) is 12.8 Å². The first-order valence-electron chi connectivity index (χ1n) is 7.59. The minimum Gasteiger partial charge on any atom is -0.382 e. The summed E-state index contributed by atoms with van der Waals surface area (Å²) in [6, 6.07) is 7.51. The molecule has 2 rings (SSSR count). The van der Waals surface area contributed by atoms with Crippen molar-refractivity contribution >= 4 is 5.69 Å². The number of rotatable bonds is 4. The van der Waals surface area contributed by atoms with Gasteiger partial charge in [-0.2, -0.15) is 0 Å². The second kappa shape index (κ2) is 6.26. The van der Waals surface area contributed by atoms with E-state index in [0.29, 0.717) is 6.04 Å². The molecule has 0 bridgehead atoms. The molecule has 1 nitrogen and oxygen atoms in total. The van der Waals surface area contributed by atoms with Crippen LogP contribution in [0.15, 0.2) is 18.2 Å². The number of aryl methyl sites for hydroxylation is 2. The maximum absolute atomic E-state index is 3.73. The quantitative estimate of drug-likeness (QED) is 0.792. The van der Waals surface area contributed by atoms with Gasteiger partial charge in [-0.25, -0.2) is 0 Å². The Balaban J connectivity index is 1.94. The zero-order valence-corrected chi connectivity index (χ0v) is 12.1. The summed E-state index contributed by atoms with van der Waals surface area (Å²) in [5, 5.41) is 3.73. The minimum atomic E-state index is 0.695. The van der Waals surface area contributed by atoms with E-state index in [1.807, 2.05) is 0 Å². The molecule has 18 heavy (non-hydrogen) atoms. The average molecular weight is 245 g/mol. The highest BCUT2D eigenvalue weighted by molar-refractivity contribution is 5.49. The molecule has 1 aliphatic carbocycles. The van der Waals surface area contributed by atoms with Crippen molar-refractivity contribution in [3.05, 3.63) is 29.3 Å². The molecule has 0 spiro atoms. The Bertz CT molecular complexity index is 375. The van der Waals surface area contributed by atoms with Crippen molar-refractivity contribution < 1.29 is 0 Å². The fourth-order valence-corrected chi connectivity index (χ4v) is 3.09. The molecular formula is C17H27N. The highest BCUT2D eigenvalue weighted by atomic mass is 14.9. The molecule has 1 fully saturated rings. The maximum Gasteiger partial charge on any atom is 0.0345 e. The lowest BCUT2D eigenvalue weighted by Gasteiger charge is -2.29. The molecule has 0 unspecified atom stereocenters. The third-order valence-corrected chi connectivity index (χ3v) is 4.52. The van der Waals surface area contributed by atoms with Gasteiger partial charge in [-0.1, -0.05) is 26.3 Å². The number of anilines is 1. The largest absolute Gasteiger partial charge is 0.382 e. The van der Waals surface area contributed by atoms with Crippen molar-refractivity contribution in [2.75, 3.05) is 5.32 Å². The number of hydrogen-bond acceptors (Lipinski definition) is 1. The molecule has 0 amide bonds. The number of nitrogens with one attached hydrogen (secondary N) is 1. The molecule has 1 aromatic rings. The van der Waals surface area contributed by atoms with Gasteiger partial charge in [0.15, 0.2) is 0 Å². The Morgan fingerprint density at radius 3 is 2.44 bits per heavy atom. The van der Waals surface area contributed by atoms with E-state index >= 15 is 0 Å². The molecule has 1 N–H and O–H groups in total. The Kier molecular flexibility index (Phi) is 4.68. The lowest BCUT2D eigenvalue weighted by atomic mass is 9.84. The van der Waals surface area contributed by atoms with E-state index in [2.05, 4.69) is 44.3 Å². The second-order valence-corrected chi connectivity index (χ2v) is 5.77. The highest BCUT2D eigenvalue weighted by Gasteiger charge is 2.19. The summed E-state index contributed by atoms with van der Waals surface area (Å²) < 4.78 is 0. The molecular weight excluding hydrogens is 218 g/mol. The molecule has 1 aromatic carbocycles. The standard InChI is InChI=1S/C17H27N/c1-4-14-7-10-16(11-8-14)18-17-9-6-13(3)15(5-2)12-17/h6,9,12,14,16,18H,4-5,7-8,10-11H2,1-3H3. The zero-order chi connectivity index (χ0) is 13.0. The highest BCUT2D eigenvalue weighted by Crippen LogP contribution is 2.28. The van der Waals surface area contributed by atoms with E-state index in [4.69, 9.17) is 0 Å². The fourth-order valence-electron chi connectivity index (χ4n) is 3.09. The Morgan fingerprint density at radius 1 is 1.11 bits per heavy atom. The lowest BCUT2D eigenvalue weighted by Crippen LogP contribution is -2.25. The van der Waals surface area contributed by atoms with Gasteiger partial charge >= 0.3 is 0 Å². The monoisotopic (exact) mass is 245 g/mol. The number of benzene rings is 1. The van der Waals surface area contributed by atoms with Gasteiger partial charge in [-0.05, 0) is 68.2 Å². The van der Waals surface area contributed by atoms with Gasteiger partial charge in [0.05, 0.1) is 0 Å². The van der Waals surface area contributed by atoms with Gasteiger partial charge in [0.25, 0.3) is 0 Å². The predicted molar refractivity (Wildman–Crippen MR) is 80.2 cm³/mol. The van der Waals surface area contributed by atoms with Crippen LogP contribution >= 0.6 is 0 Å². The van der Waals surface area contributed by atoms with E-state index in [9.17, 15) is 0 Å². The smallest absolute Gasteiger partial charge is 0.0345 e. The van der Waals surface area contributed by atoms with Crippen molar-refractivity contribution in [3.8, 4) is 0 Å². The molecule has 0 aromatic heterocycles. The van der Waals surface area contributed by atoms with Gasteiger partial charge in [0.1, 0.15) is 0 Å². The summed E-state index contributed by atoms with van der Waals surface area (Å²) in [6.07, 6.45) is 7.98. The summed E-state index contributed by atoms with van der Waals surface area (Å²) >= 11 is 0. The molecule has 0 atom stereocenters. The lowest BCUT2D eigenvalue weighted by molar-refractivity contribution is 0.330. The van der Waals surface area contributed by atoms with Crippen molar-refractivity contribution in [2.24, 2.45) is 5.92 Å². The topological polar surface area (TPSA) is 12.0 Å². The third kappa shape index (κ3) is 3.28. The zero-order valence-electron chi connectivity index (χ0n) is 12.1. The fraction of sp³-hybridized carbons (Fsp3) is 0.647. The van der Waals surface area contributed by atoms with E-state index in [-0.39, 0.29) is 0 Å². The summed E-state index contributed by atoms with van der Waals surface area (Å²) in [7, 11) is 0. The van der Waals surface area contributed by atoms with Gasteiger partial charge in [0, 0.05) is 11.7 Å². The van der Waals surface area contributed by atoms with E-state index in [1.165, 1.54) is 48.9 Å². The van der Waals surface area contributed by atoms with Crippen LogP contribution in [0.1, 0.15) is 57.1 Å². The van der Waals surface area contributed by atoms with Crippen molar-refractivity contribution in [1.82, 2.24) is 0 Å². The minimum absolute atomic E-state index is 0.695. The van der Waals surface area contributed by atoms with E-state index in [1.54, 1.807) is 0 Å². The summed E-state index contributed by atoms with van der Waals surface area (Å²) in [4.78, 5) is 0. The van der Waals surface area contributed by atoms with Crippen molar-refractivity contribution in [3.63, 3.8) is 0 Å². The molecule has 0 saturated heterocycles. The molecule has 100 valence electrons. The molecule has 0 aliphatic heterocycles. The Labute approximate surface area is 112 Å². The van der Waals surface area contributed by atoms with Crippen molar-refractivity contribution in [1.29, 1.82) is 0 Å². The van der Waals surface area contributed by atoms with Crippen LogP contribution in [0.5, 0.6) is 0 Å². The first kappa shape index (κ1) is 13.5. The molecule has 1 saturated carbocycles. The Morgan fingerprint density at radius 2 is 1.83 bits per heavy atom. The predicted octanol–water partition coefficient (Wildman–Crippen LogP) is 4.94. The number of hydrogen-bond donors (Lipinski definition) is 1. The van der Waals surface area contributed by atoms with Crippen LogP contribution in [-0.2, 0) is 6.42 Å². The molecule has 1 aliphatic rings. The van der Waals surface area contributed by atoms with Gasteiger partial charge in [-0.15, -0.1) is 0 Å². The summed E-state index contributed by atoms with van der Waals surface area (Å²) in [5.74, 6) is 0.979. The van der Waals surface area contributed by atoms with Crippen LogP contribution in [0.3, 0.4) is 0 Å². The van der Waals surface area contributed by atoms with E-state index < -0.39 is 0 Å². The van der Waals surface area contributed by atoms with Gasteiger partial charge in [0.2, 0.25) is 0 Å². The van der Waals surface area contributed by atoms with E-state index in [0.717, 1.165) is 12.3 Å². The maximum atomic E-state index is 3.73. The second-order valence-electron chi connectivity index (χ2n) is 5.77. The third-order valence-electron chi connectivity index (χ3n) is 4.52. The SMILES string of the molecule is CCc1cc(NC2CCC(CC)CC2)ccc1C. The summed E-state index contributed by atoms with van der Waals surface area (Å²) in [5.41, 5.74) is 4.21. The molecule has 1 heteroatoms. The Hall–Kier alpha value is -0.980. The van der Waals surface area contributed by atoms with Crippen LogP contribution in [0.4, 0.5) is 5.69 Å².